The molecule has 0 bridgehead atoms. The van der Waals surface area contributed by atoms with Crippen LogP contribution in [0.25, 0.3) is 11.8 Å². The van der Waals surface area contributed by atoms with Gasteiger partial charge in [0.15, 0.2) is 0 Å². The molecule has 2 aliphatic carbocycles. The molecule has 0 spiro atoms. The van der Waals surface area contributed by atoms with Gasteiger partial charge < -0.3 is 16.4 Å². The van der Waals surface area contributed by atoms with Crippen molar-refractivity contribution in [1.82, 2.24) is 5.32 Å². The van der Waals surface area contributed by atoms with Crippen molar-refractivity contribution in [3.63, 3.8) is 0 Å². The Morgan fingerprint density at radius 2 is 2.08 bits per heavy atom. The van der Waals surface area contributed by atoms with Crippen molar-refractivity contribution in [2.45, 2.75) is 51.0 Å². The van der Waals surface area contributed by atoms with Gasteiger partial charge in [-0.2, -0.15) is 0 Å². The van der Waals surface area contributed by atoms with E-state index in [1.165, 1.54) is 17.7 Å². The van der Waals surface area contributed by atoms with Gasteiger partial charge in [0.25, 0.3) is 0 Å². The molecule has 132 valence electrons. The molecule has 25 heavy (non-hydrogen) atoms. The standard InChI is InChI=1S/C20H24ClN3O/c21-17-11-16-13(7-8-23-19(16)12-3-1-4-12)10-18(17)24-20(25)14-5-2-6-15(22)9-14/h7-8,10-11,14-15,23H,1-6,9,22H2,(H,24,25). The molecular weight excluding hydrogens is 334 g/mol. The van der Waals surface area contributed by atoms with Gasteiger partial charge in [0, 0.05) is 29.4 Å². The van der Waals surface area contributed by atoms with E-state index in [-0.39, 0.29) is 17.9 Å². The summed E-state index contributed by atoms with van der Waals surface area (Å²) < 4.78 is 0. The van der Waals surface area contributed by atoms with E-state index in [0.717, 1.165) is 49.7 Å². The number of carbonyl (C=O) groups excluding carboxylic acids is 1. The number of hydrogen-bond acceptors (Lipinski definition) is 3. The molecule has 1 aromatic rings. The Bertz CT molecular complexity index is 762. The maximum Gasteiger partial charge on any atom is 0.227 e. The number of benzene rings is 1. The fourth-order valence-electron chi connectivity index (χ4n) is 3.93. The van der Waals surface area contributed by atoms with Gasteiger partial charge in [-0.1, -0.05) is 18.0 Å². The Morgan fingerprint density at radius 1 is 1.24 bits per heavy atom. The number of hydrogen-bond donors (Lipinski definition) is 3. The number of rotatable bonds is 2. The van der Waals surface area contributed by atoms with Crippen LogP contribution in [-0.4, -0.2) is 11.9 Å². The zero-order chi connectivity index (χ0) is 17.4. The van der Waals surface area contributed by atoms with Crippen molar-refractivity contribution in [3.8, 4) is 0 Å². The summed E-state index contributed by atoms with van der Waals surface area (Å²) >= 11 is 6.49. The summed E-state index contributed by atoms with van der Waals surface area (Å²) in [7, 11) is 0. The lowest BCUT2D eigenvalue weighted by Gasteiger charge is -2.27. The largest absolute Gasteiger partial charge is 0.361 e. The molecule has 1 amide bonds. The van der Waals surface area contributed by atoms with Crippen LogP contribution < -0.4 is 16.4 Å². The number of anilines is 1. The second-order valence-corrected chi connectivity index (χ2v) is 7.75. The average molecular weight is 358 g/mol. The highest BCUT2D eigenvalue weighted by Gasteiger charge is 2.26. The van der Waals surface area contributed by atoms with E-state index in [2.05, 4.69) is 10.6 Å². The molecule has 2 atom stereocenters. The lowest BCUT2D eigenvalue weighted by atomic mass is 9.85. The third-order valence-electron chi connectivity index (χ3n) is 5.55. The molecule has 0 aromatic heterocycles. The predicted octanol–water partition coefficient (Wildman–Crippen LogP) is 4.26. The first-order valence-corrected chi connectivity index (χ1v) is 9.55. The number of nitrogens with one attached hydrogen (secondary N) is 2. The van der Waals surface area contributed by atoms with Gasteiger partial charge >= 0.3 is 0 Å². The monoisotopic (exact) mass is 357 g/mol. The van der Waals surface area contributed by atoms with Crippen LogP contribution in [-0.2, 0) is 4.79 Å². The van der Waals surface area contributed by atoms with E-state index in [0.29, 0.717) is 10.7 Å². The van der Waals surface area contributed by atoms with Gasteiger partial charge in [-0.3, -0.25) is 4.79 Å². The van der Waals surface area contributed by atoms with Crippen molar-refractivity contribution in [1.29, 1.82) is 0 Å². The van der Waals surface area contributed by atoms with Crippen molar-refractivity contribution in [2.75, 3.05) is 5.32 Å². The summed E-state index contributed by atoms with van der Waals surface area (Å²) in [4.78, 5) is 12.6. The second kappa shape index (κ2) is 6.85. The Morgan fingerprint density at radius 3 is 2.80 bits per heavy atom. The summed E-state index contributed by atoms with van der Waals surface area (Å²) in [5.41, 5.74) is 11.6. The van der Waals surface area contributed by atoms with Crippen molar-refractivity contribution >= 4 is 35.0 Å². The average Bonchev–Trinajstić information content (AvgIpc) is 2.54. The molecule has 1 heterocycles. The molecular formula is C20H24ClN3O. The molecule has 0 saturated heterocycles. The maximum atomic E-state index is 12.6. The molecule has 2 unspecified atom stereocenters. The first-order valence-electron chi connectivity index (χ1n) is 9.17. The molecule has 5 heteroatoms. The van der Waals surface area contributed by atoms with Gasteiger partial charge in [-0.25, -0.2) is 0 Å². The molecule has 1 aromatic carbocycles. The first kappa shape index (κ1) is 16.7. The first-order chi connectivity index (χ1) is 12.1. The number of nitrogens with two attached hydrogens (primary N) is 1. The Kier molecular flexibility index (Phi) is 4.57. The van der Waals surface area contributed by atoms with Crippen LogP contribution in [0.15, 0.2) is 23.9 Å². The SMILES string of the molecule is NC1CCCC(C(=O)Nc2cc3c(cc2Cl)C(=C2CCC2)NC=C3)C1. The Balaban J connectivity index is 1.58. The fourth-order valence-corrected chi connectivity index (χ4v) is 4.14. The molecule has 4 N–H and O–H groups in total. The molecule has 1 aliphatic heterocycles. The van der Waals surface area contributed by atoms with E-state index >= 15 is 0 Å². The van der Waals surface area contributed by atoms with E-state index in [9.17, 15) is 4.79 Å². The summed E-state index contributed by atoms with van der Waals surface area (Å²) in [5, 5.41) is 6.97. The lowest BCUT2D eigenvalue weighted by molar-refractivity contribution is -0.120. The second-order valence-electron chi connectivity index (χ2n) is 7.34. The Labute approximate surface area is 153 Å². The van der Waals surface area contributed by atoms with Crippen LogP contribution in [0.5, 0.6) is 0 Å². The van der Waals surface area contributed by atoms with Gasteiger partial charge in [-0.15, -0.1) is 0 Å². The minimum atomic E-state index is -0.0132. The van der Waals surface area contributed by atoms with Gasteiger partial charge in [-0.05, 0) is 67.9 Å². The van der Waals surface area contributed by atoms with Crippen molar-refractivity contribution < 1.29 is 4.79 Å². The summed E-state index contributed by atoms with van der Waals surface area (Å²) in [5.74, 6) is 0.0215. The van der Waals surface area contributed by atoms with Crippen LogP contribution in [0.1, 0.15) is 56.1 Å². The zero-order valence-electron chi connectivity index (χ0n) is 14.3. The smallest absolute Gasteiger partial charge is 0.227 e. The highest BCUT2D eigenvalue weighted by atomic mass is 35.5. The number of carbonyl (C=O) groups is 1. The minimum absolute atomic E-state index is 0.0132. The molecule has 2 saturated carbocycles. The van der Waals surface area contributed by atoms with Gasteiger partial charge in [0.1, 0.15) is 0 Å². The zero-order valence-corrected chi connectivity index (χ0v) is 15.0. The van der Waals surface area contributed by atoms with Crippen LogP contribution in [0, 0.1) is 5.92 Å². The number of halogens is 1. The molecule has 4 rings (SSSR count). The fraction of sp³-hybridized carbons (Fsp3) is 0.450. The number of fused-ring (bicyclic) bond motifs is 1. The van der Waals surface area contributed by atoms with Gasteiger partial charge in [0.05, 0.1) is 10.7 Å². The van der Waals surface area contributed by atoms with Crippen LogP contribution in [0.2, 0.25) is 5.02 Å². The van der Waals surface area contributed by atoms with E-state index < -0.39 is 0 Å². The highest BCUT2D eigenvalue weighted by molar-refractivity contribution is 6.34. The Hall–Kier alpha value is -1.78. The van der Waals surface area contributed by atoms with E-state index in [4.69, 9.17) is 17.3 Å². The van der Waals surface area contributed by atoms with E-state index in [1.807, 2.05) is 24.4 Å². The normalized spacial score (nSPS) is 25.0. The van der Waals surface area contributed by atoms with Gasteiger partial charge in [0.2, 0.25) is 5.91 Å². The number of allylic oxidation sites excluding steroid dienone is 1. The lowest BCUT2D eigenvalue weighted by Crippen LogP contribution is -2.34. The quantitative estimate of drug-likeness (QED) is 0.740. The molecule has 2 fully saturated rings. The highest BCUT2D eigenvalue weighted by Crippen LogP contribution is 2.38. The van der Waals surface area contributed by atoms with E-state index in [1.54, 1.807) is 0 Å². The summed E-state index contributed by atoms with van der Waals surface area (Å²) in [6.07, 6.45) is 11.2. The topological polar surface area (TPSA) is 67.2 Å². The third kappa shape index (κ3) is 3.33. The van der Waals surface area contributed by atoms with Crippen LogP contribution >= 0.6 is 11.6 Å². The summed E-state index contributed by atoms with van der Waals surface area (Å²) in [6.45, 7) is 0. The maximum absolute atomic E-state index is 12.6. The van der Waals surface area contributed by atoms with Crippen molar-refractivity contribution in [3.05, 3.63) is 40.1 Å². The van der Waals surface area contributed by atoms with Crippen molar-refractivity contribution in [2.24, 2.45) is 11.7 Å². The molecule has 4 nitrogen and oxygen atoms in total. The molecule has 3 aliphatic rings. The van der Waals surface area contributed by atoms with Crippen LogP contribution in [0.4, 0.5) is 5.69 Å². The number of amides is 1. The minimum Gasteiger partial charge on any atom is -0.361 e. The van der Waals surface area contributed by atoms with Crippen LogP contribution in [0.3, 0.4) is 0 Å². The predicted molar refractivity (Wildman–Crippen MR) is 103 cm³/mol. The third-order valence-corrected chi connectivity index (χ3v) is 5.87. The molecule has 0 radical (unpaired) electrons. The summed E-state index contributed by atoms with van der Waals surface area (Å²) in [6, 6.07) is 4.08.